The zero-order valence-corrected chi connectivity index (χ0v) is 10.3. The first kappa shape index (κ1) is 12.7. The number of ketones is 1. The lowest BCUT2D eigenvalue weighted by Crippen LogP contribution is -2.51. The van der Waals surface area contributed by atoms with Crippen molar-refractivity contribution in [1.29, 1.82) is 0 Å². The molecular formula is C13H24O2. The molecule has 1 rings (SSSR count). The van der Waals surface area contributed by atoms with Gasteiger partial charge in [0.05, 0.1) is 11.5 Å². The van der Waals surface area contributed by atoms with Crippen molar-refractivity contribution >= 4 is 5.78 Å². The zero-order chi connectivity index (χ0) is 11.3. The second kappa shape index (κ2) is 5.64. The number of carbonyl (C=O) groups excluding carboxylic acids is 1. The number of hydrogen-bond acceptors (Lipinski definition) is 2. The maximum Gasteiger partial charge on any atom is 0.143 e. The van der Waals surface area contributed by atoms with E-state index in [1.165, 1.54) is 25.7 Å². The fourth-order valence-electron chi connectivity index (χ4n) is 1.93. The molecule has 0 aromatic heterocycles. The number of unbranched alkanes of at least 4 members (excludes halogenated alkanes) is 4. The largest absolute Gasteiger partial charge is 0.377 e. The van der Waals surface area contributed by atoms with Gasteiger partial charge in [-0.2, -0.15) is 0 Å². The van der Waals surface area contributed by atoms with Crippen LogP contribution in [0.1, 0.15) is 59.3 Å². The van der Waals surface area contributed by atoms with E-state index in [4.69, 9.17) is 4.74 Å². The third-order valence-corrected chi connectivity index (χ3v) is 3.46. The minimum atomic E-state index is -0.219. The molecule has 1 saturated carbocycles. The van der Waals surface area contributed by atoms with Crippen molar-refractivity contribution in [3.8, 4) is 0 Å². The molecule has 1 unspecified atom stereocenters. The first-order chi connectivity index (χ1) is 7.09. The lowest BCUT2D eigenvalue weighted by molar-refractivity contribution is -0.158. The maximum atomic E-state index is 11.3. The summed E-state index contributed by atoms with van der Waals surface area (Å²) >= 11 is 0. The van der Waals surface area contributed by atoms with Gasteiger partial charge in [-0.15, -0.1) is 0 Å². The molecule has 0 saturated heterocycles. The van der Waals surface area contributed by atoms with E-state index in [9.17, 15) is 4.79 Å². The van der Waals surface area contributed by atoms with Crippen LogP contribution >= 0.6 is 0 Å². The van der Waals surface area contributed by atoms with Crippen molar-refractivity contribution in [2.75, 3.05) is 6.61 Å². The molecule has 0 bridgehead atoms. The van der Waals surface area contributed by atoms with Crippen LogP contribution in [0.25, 0.3) is 0 Å². The monoisotopic (exact) mass is 212 g/mol. The lowest BCUT2D eigenvalue weighted by atomic mass is 9.68. The van der Waals surface area contributed by atoms with E-state index in [1.54, 1.807) is 0 Å². The van der Waals surface area contributed by atoms with E-state index in [-0.39, 0.29) is 11.5 Å². The van der Waals surface area contributed by atoms with Crippen molar-refractivity contribution < 1.29 is 9.53 Å². The smallest absolute Gasteiger partial charge is 0.143 e. The Bertz CT molecular complexity index is 209. The average Bonchev–Trinajstić information content (AvgIpc) is 2.21. The highest BCUT2D eigenvalue weighted by atomic mass is 16.5. The van der Waals surface area contributed by atoms with Crippen LogP contribution in [0.3, 0.4) is 0 Å². The summed E-state index contributed by atoms with van der Waals surface area (Å²) in [5, 5.41) is 0. The Morgan fingerprint density at radius 1 is 1.27 bits per heavy atom. The van der Waals surface area contributed by atoms with Gasteiger partial charge in [-0.3, -0.25) is 4.79 Å². The summed E-state index contributed by atoms with van der Waals surface area (Å²) in [4.78, 5) is 11.3. The highest BCUT2D eigenvalue weighted by Crippen LogP contribution is 2.38. The van der Waals surface area contributed by atoms with Gasteiger partial charge in [0, 0.05) is 13.0 Å². The fraction of sp³-hybridized carbons (Fsp3) is 0.923. The number of hydrogen-bond donors (Lipinski definition) is 0. The van der Waals surface area contributed by atoms with Gasteiger partial charge in [-0.05, 0) is 6.42 Å². The molecule has 0 heterocycles. The standard InChI is InChI=1S/C13H24O2/c1-4-5-6-7-8-9-15-12-10-11(14)13(12,2)3/h12H,4-10H2,1-3H3. The molecule has 1 atom stereocenters. The SMILES string of the molecule is CCCCCCCOC1CC(=O)C1(C)C. The van der Waals surface area contributed by atoms with Gasteiger partial charge in [-0.1, -0.05) is 46.5 Å². The summed E-state index contributed by atoms with van der Waals surface area (Å²) in [5.41, 5.74) is -0.219. The van der Waals surface area contributed by atoms with Crippen LogP contribution in [0, 0.1) is 5.41 Å². The van der Waals surface area contributed by atoms with Crippen molar-refractivity contribution in [3.63, 3.8) is 0 Å². The Morgan fingerprint density at radius 3 is 2.47 bits per heavy atom. The second-order valence-electron chi connectivity index (χ2n) is 5.12. The summed E-state index contributed by atoms with van der Waals surface area (Å²) in [6, 6.07) is 0. The number of ether oxygens (including phenoxy) is 1. The number of carbonyl (C=O) groups is 1. The van der Waals surface area contributed by atoms with Crippen molar-refractivity contribution in [2.24, 2.45) is 5.41 Å². The molecule has 88 valence electrons. The molecule has 2 nitrogen and oxygen atoms in total. The molecule has 0 radical (unpaired) electrons. The molecule has 1 aliphatic carbocycles. The first-order valence-corrected chi connectivity index (χ1v) is 6.24. The van der Waals surface area contributed by atoms with Gasteiger partial charge in [0.1, 0.15) is 5.78 Å². The van der Waals surface area contributed by atoms with Crippen molar-refractivity contribution in [3.05, 3.63) is 0 Å². The highest BCUT2D eigenvalue weighted by Gasteiger charge is 2.47. The average molecular weight is 212 g/mol. The topological polar surface area (TPSA) is 26.3 Å². The third kappa shape index (κ3) is 3.30. The molecule has 2 heteroatoms. The summed E-state index contributed by atoms with van der Waals surface area (Å²) in [6.07, 6.45) is 7.12. The van der Waals surface area contributed by atoms with Gasteiger partial charge in [0.25, 0.3) is 0 Å². The molecule has 0 amide bonds. The van der Waals surface area contributed by atoms with Crippen molar-refractivity contribution in [1.82, 2.24) is 0 Å². The van der Waals surface area contributed by atoms with Crippen LogP contribution < -0.4 is 0 Å². The van der Waals surface area contributed by atoms with Crippen molar-refractivity contribution in [2.45, 2.75) is 65.4 Å². The Kier molecular flexibility index (Phi) is 4.78. The maximum absolute atomic E-state index is 11.3. The van der Waals surface area contributed by atoms with Crippen LogP contribution in [0.15, 0.2) is 0 Å². The summed E-state index contributed by atoms with van der Waals surface area (Å²) < 4.78 is 5.72. The Labute approximate surface area is 93.4 Å². The predicted octanol–water partition coefficient (Wildman–Crippen LogP) is 3.34. The van der Waals surface area contributed by atoms with E-state index >= 15 is 0 Å². The lowest BCUT2D eigenvalue weighted by Gasteiger charge is -2.41. The molecule has 0 aromatic rings. The molecule has 1 fully saturated rings. The quantitative estimate of drug-likeness (QED) is 0.605. The predicted molar refractivity (Wildman–Crippen MR) is 61.9 cm³/mol. The van der Waals surface area contributed by atoms with E-state index in [0.717, 1.165) is 13.0 Å². The summed E-state index contributed by atoms with van der Waals surface area (Å²) in [5.74, 6) is 0.346. The molecule has 1 aliphatic rings. The first-order valence-electron chi connectivity index (χ1n) is 6.24. The van der Waals surface area contributed by atoms with Crippen LogP contribution in [-0.2, 0) is 9.53 Å². The van der Waals surface area contributed by atoms with E-state index < -0.39 is 0 Å². The normalized spacial score (nSPS) is 23.9. The fourth-order valence-corrected chi connectivity index (χ4v) is 1.93. The van der Waals surface area contributed by atoms with Crippen LogP contribution in [0.4, 0.5) is 0 Å². The zero-order valence-electron chi connectivity index (χ0n) is 10.3. The molecule has 0 aromatic carbocycles. The Balaban J connectivity index is 2.00. The van der Waals surface area contributed by atoms with Crippen LogP contribution in [0.5, 0.6) is 0 Å². The molecule has 0 aliphatic heterocycles. The number of Topliss-reactive ketones (excluding diaryl/α,β-unsaturated/α-hetero) is 1. The van der Waals surface area contributed by atoms with Crippen LogP contribution in [0.2, 0.25) is 0 Å². The minimum absolute atomic E-state index is 0.177. The van der Waals surface area contributed by atoms with Crippen LogP contribution in [-0.4, -0.2) is 18.5 Å². The Morgan fingerprint density at radius 2 is 1.93 bits per heavy atom. The third-order valence-electron chi connectivity index (χ3n) is 3.46. The van der Waals surface area contributed by atoms with E-state index in [0.29, 0.717) is 12.2 Å². The molecule has 0 N–H and O–H groups in total. The molecule has 0 spiro atoms. The van der Waals surface area contributed by atoms with E-state index in [1.807, 2.05) is 13.8 Å². The van der Waals surface area contributed by atoms with E-state index in [2.05, 4.69) is 6.92 Å². The summed E-state index contributed by atoms with van der Waals surface area (Å²) in [6.45, 7) is 7.02. The van der Waals surface area contributed by atoms with Gasteiger partial charge in [0.2, 0.25) is 0 Å². The van der Waals surface area contributed by atoms with Gasteiger partial charge < -0.3 is 4.74 Å². The number of rotatable bonds is 7. The molecular weight excluding hydrogens is 188 g/mol. The van der Waals surface area contributed by atoms with Gasteiger partial charge in [-0.25, -0.2) is 0 Å². The minimum Gasteiger partial charge on any atom is -0.377 e. The van der Waals surface area contributed by atoms with Gasteiger partial charge in [0.15, 0.2) is 0 Å². The summed E-state index contributed by atoms with van der Waals surface area (Å²) in [7, 11) is 0. The molecule has 15 heavy (non-hydrogen) atoms. The van der Waals surface area contributed by atoms with Gasteiger partial charge >= 0.3 is 0 Å². The second-order valence-corrected chi connectivity index (χ2v) is 5.12. The highest BCUT2D eigenvalue weighted by molar-refractivity contribution is 5.91. The Hall–Kier alpha value is -0.370.